The lowest BCUT2D eigenvalue weighted by molar-refractivity contribution is 0.583. The molecule has 0 aromatic heterocycles. The second-order valence-electron chi connectivity index (χ2n) is 11.1. The van der Waals surface area contributed by atoms with Crippen LogP contribution >= 0.6 is 7.44 Å². The van der Waals surface area contributed by atoms with Gasteiger partial charge in [-0.2, -0.15) is 0 Å². The molecule has 1 aliphatic heterocycles. The maximum Gasteiger partial charge on any atom is 0.262 e. The van der Waals surface area contributed by atoms with Crippen LogP contribution in [0.2, 0.25) is 0 Å². The predicted molar refractivity (Wildman–Crippen MR) is 183 cm³/mol. The molecule has 1 atom stereocenters. The van der Waals surface area contributed by atoms with Crippen molar-refractivity contribution in [3.05, 3.63) is 152 Å². The molecule has 0 saturated heterocycles. The Balaban J connectivity index is 1.37. The van der Waals surface area contributed by atoms with Crippen LogP contribution in [0.25, 0.3) is 54.9 Å². The van der Waals surface area contributed by atoms with Crippen LogP contribution in [-0.4, -0.2) is 6.66 Å². The average Bonchev–Trinajstić information content (AvgIpc) is 3.34. The van der Waals surface area contributed by atoms with E-state index in [0.29, 0.717) is 0 Å². The van der Waals surface area contributed by atoms with E-state index in [9.17, 15) is 4.57 Å². The van der Waals surface area contributed by atoms with Crippen LogP contribution in [0.4, 0.5) is 17.1 Å². The summed E-state index contributed by atoms with van der Waals surface area (Å²) in [6, 6.07) is 52.9. The van der Waals surface area contributed by atoms with E-state index in [4.69, 9.17) is 0 Å². The van der Waals surface area contributed by atoms with Gasteiger partial charge in [0.1, 0.15) is 0 Å². The van der Waals surface area contributed by atoms with Crippen LogP contribution in [0, 0.1) is 0 Å². The molecule has 8 rings (SSSR count). The number of hydrogen-bond donors (Lipinski definition) is 1. The first kappa shape index (κ1) is 25.6. The lowest BCUT2D eigenvalue weighted by Gasteiger charge is -2.26. The largest absolute Gasteiger partial charge is 0.318 e. The van der Waals surface area contributed by atoms with E-state index in [1.54, 1.807) is 0 Å². The molecule has 3 nitrogen and oxygen atoms in total. The highest BCUT2D eigenvalue weighted by Crippen LogP contribution is 2.64. The fraction of sp³-hybridized carbons (Fsp3) is 0.0256. The number of anilines is 3. The summed E-state index contributed by atoms with van der Waals surface area (Å²) < 4.78 is 16.7. The summed E-state index contributed by atoms with van der Waals surface area (Å²) in [5, 5.41) is 8.09. The van der Waals surface area contributed by atoms with Gasteiger partial charge in [-0.1, -0.05) is 140 Å². The first-order chi connectivity index (χ1) is 21.1. The third-order valence-corrected chi connectivity index (χ3v) is 10.3. The third kappa shape index (κ3) is 4.16. The number of nitrogens with zero attached hydrogens (tertiary/aromatic N) is 1. The van der Waals surface area contributed by atoms with Crippen molar-refractivity contribution in [3.63, 3.8) is 0 Å². The van der Waals surface area contributed by atoms with Gasteiger partial charge in [-0.25, -0.2) is 0 Å². The van der Waals surface area contributed by atoms with Crippen molar-refractivity contribution in [2.24, 2.45) is 0 Å². The number of para-hydroxylation sites is 1. The minimum atomic E-state index is -3.07. The average molecular weight is 573 g/mol. The SMILES string of the molecule is CP1(=O)Nc2c(-c3cccc4cccc(-c5ccccc5)c34)cccc2N1c1cccc2cccc(-c3ccccc3)c12. The fourth-order valence-electron chi connectivity index (χ4n) is 6.64. The molecule has 7 aromatic carbocycles. The van der Waals surface area contributed by atoms with Crippen molar-refractivity contribution >= 4 is 46.1 Å². The van der Waals surface area contributed by atoms with E-state index >= 15 is 0 Å². The van der Waals surface area contributed by atoms with Crippen LogP contribution in [0.3, 0.4) is 0 Å². The highest BCUT2D eigenvalue weighted by Gasteiger charge is 2.38. The van der Waals surface area contributed by atoms with Gasteiger partial charge in [0.05, 0.1) is 17.1 Å². The van der Waals surface area contributed by atoms with Gasteiger partial charge in [0.25, 0.3) is 7.44 Å². The molecular formula is C39H29N2OP. The van der Waals surface area contributed by atoms with Crippen LogP contribution in [0.15, 0.2) is 152 Å². The van der Waals surface area contributed by atoms with Gasteiger partial charge >= 0.3 is 0 Å². The lowest BCUT2D eigenvalue weighted by Crippen LogP contribution is -2.11. The summed E-state index contributed by atoms with van der Waals surface area (Å²) in [5.41, 5.74) is 9.54. The molecule has 7 aromatic rings. The molecule has 43 heavy (non-hydrogen) atoms. The van der Waals surface area contributed by atoms with E-state index in [0.717, 1.165) is 50.1 Å². The van der Waals surface area contributed by atoms with Gasteiger partial charge < -0.3 is 5.09 Å². The lowest BCUT2D eigenvalue weighted by atomic mass is 9.90. The molecule has 0 bridgehead atoms. The van der Waals surface area contributed by atoms with E-state index in [1.807, 2.05) is 23.5 Å². The molecule has 0 saturated carbocycles. The van der Waals surface area contributed by atoms with E-state index < -0.39 is 7.44 Å². The summed E-state index contributed by atoms with van der Waals surface area (Å²) in [5.74, 6) is 0. The molecule has 0 amide bonds. The van der Waals surface area contributed by atoms with Gasteiger partial charge in [-0.15, -0.1) is 0 Å². The Morgan fingerprint density at radius 2 is 0.930 bits per heavy atom. The van der Waals surface area contributed by atoms with Crippen molar-refractivity contribution in [1.82, 2.24) is 0 Å². The number of nitrogens with one attached hydrogen (secondary N) is 1. The molecule has 0 aliphatic carbocycles. The number of rotatable bonds is 4. The van der Waals surface area contributed by atoms with Crippen molar-refractivity contribution < 1.29 is 4.57 Å². The first-order valence-electron chi connectivity index (χ1n) is 14.5. The van der Waals surface area contributed by atoms with Gasteiger partial charge in [0, 0.05) is 17.6 Å². The maximum atomic E-state index is 14.6. The summed E-state index contributed by atoms with van der Waals surface area (Å²) >= 11 is 0. The third-order valence-electron chi connectivity index (χ3n) is 8.45. The standard InChI is InChI=1S/C39H29N2OP/c1-43(42)40-39-34(33-23-10-18-29-17-8-21-31(37(29)33)27-13-4-2-5-14-27)24-12-26-36(39)41(43)35-25-11-20-30-19-9-22-32(38(30)35)28-15-6-3-7-16-28/h2-26H,1H3,(H,40,42). The molecule has 206 valence electrons. The Bertz CT molecular complexity index is 2200. The van der Waals surface area contributed by atoms with Crippen molar-refractivity contribution in [2.75, 3.05) is 16.4 Å². The quantitative estimate of drug-likeness (QED) is 0.213. The Hall–Kier alpha value is -5.11. The minimum Gasteiger partial charge on any atom is -0.318 e. The second kappa shape index (κ2) is 10.0. The van der Waals surface area contributed by atoms with Gasteiger partial charge in [-0.05, 0) is 56.1 Å². The zero-order valence-corrected chi connectivity index (χ0v) is 24.6. The minimum absolute atomic E-state index is 0.901. The van der Waals surface area contributed by atoms with E-state index in [-0.39, 0.29) is 0 Å². The van der Waals surface area contributed by atoms with Crippen LogP contribution in [0.1, 0.15) is 0 Å². The molecule has 0 fully saturated rings. The van der Waals surface area contributed by atoms with Crippen LogP contribution in [0.5, 0.6) is 0 Å². The van der Waals surface area contributed by atoms with Crippen molar-refractivity contribution in [2.45, 2.75) is 0 Å². The molecule has 1 unspecified atom stereocenters. The first-order valence-corrected chi connectivity index (χ1v) is 16.6. The summed E-state index contributed by atoms with van der Waals surface area (Å²) in [6.07, 6.45) is 0. The van der Waals surface area contributed by atoms with Crippen LogP contribution in [-0.2, 0) is 4.57 Å². The smallest absolute Gasteiger partial charge is 0.262 e. The molecule has 1 aliphatic rings. The number of fused-ring (bicyclic) bond motifs is 3. The summed E-state index contributed by atoms with van der Waals surface area (Å²) in [7, 11) is -3.07. The van der Waals surface area contributed by atoms with Gasteiger partial charge in [-0.3, -0.25) is 9.24 Å². The van der Waals surface area contributed by atoms with Gasteiger partial charge in [0.15, 0.2) is 0 Å². The molecule has 1 N–H and O–H groups in total. The van der Waals surface area contributed by atoms with Gasteiger partial charge in [0.2, 0.25) is 0 Å². The molecular weight excluding hydrogens is 543 g/mol. The highest BCUT2D eigenvalue weighted by molar-refractivity contribution is 7.67. The fourth-order valence-corrected chi connectivity index (χ4v) is 8.54. The monoisotopic (exact) mass is 572 g/mol. The zero-order valence-electron chi connectivity index (χ0n) is 23.7. The molecule has 4 heteroatoms. The Morgan fingerprint density at radius 3 is 1.56 bits per heavy atom. The van der Waals surface area contributed by atoms with Crippen molar-refractivity contribution in [3.8, 4) is 33.4 Å². The zero-order chi connectivity index (χ0) is 29.0. The molecule has 1 heterocycles. The molecule has 0 spiro atoms. The number of benzene rings is 7. The predicted octanol–water partition coefficient (Wildman–Crippen LogP) is 11.4. The van der Waals surface area contributed by atoms with Crippen molar-refractivity contribution in [1.29, 1.82) is 0 Å². The number of hydrogen-bond acceptors (Lipinski definition) is 1. The van der Waals surface area contributed by atoms with E-state index in [1.165, 1.54) is 21.9 Å². The summed E-state index contributed by atoms with van der Waals surface area (Å²) in [4.78, 5) is 0. The topological polar surface area (TPSA) is 32.3 Å². The second-order valence-corrected chi connectivity index (χ2v) is 13.5. The summed E-state index contributed by atoms with van der Waals surface area (Å²) in [6.45, 7) is 1.83. The highest BCUT2D eigenvalue weighted by atomic mass is 31.2. The van der Waals surface area contributed by atoms with E-state index in [2.05, 4.69) is 145 Å². The Morgan fingerprint density at radius 1 is 0.465 bits per heavy atom. The molecule has 0 radical (unpaired) electrons. The normalized spacial score (nSPS) is 15.9. The van der Waals surface area contributed by atoms with Crippen LogP contribution < -0.4 is 9.76 Å². The Kier molecular flexibility index (Phi) is 5.96. The Labute approximate surface area is 251 Å². The maximum absolute atomic E-state index is 14.6.